The van der Waals surface area contributed by atoms with Gasteiger partial charge in [0.2, 0.25) is 0 Å². The average molecular weight is 245 g/mol. The highest BCUT2D eigenvalue weighted by Gasteiger charge is 2.28. The fourth-order valence-electron chi connectivity index (χ4n) is 1.43. The molecule has 2 N–H and O–H groups in total. The van der Waals surface area contributed by atoms with Gasteiger partial charge in [-0.1, -0.05) is 13.8 Å². The maximum atomic E-state index is 11.9. The Kier molecular flexibility index (Phi) is 6.16. The van der Waals surface area contributed by atoms with Crippen molar-refractivity contribution >= 4 is 11.9 Å². The Balaban J connectivity index is 4.42. The highest BCUT2D eigenvalue weighted by Crippen LogP contribution is 2.22. The molecule has 0 saturated heterocycles. The summed E-state index contributed by atoms with van der Waals surface area (Å²) in [4.78, 5) is 26.9. The number of ether oxygens (including phenoxy) is 1. The van der Waals surface area contributed by atoms with Crippen molar-refractivity contribution in [2.24, 2.45) is 17.7 Å². The van der Waals surface area contributed by atoms with Gasteiger partial charge >= 0.3 is 11.9 Å². The molecular weight excluding hydrogens is 222 g/mol. The molecule has 0 aromatic heterocycles. The van der Waals surface area contributed by atoms with Crippen LogP contribution in [0.4, 0.5) is 0 Å². The van der Waals surface area contributed by atoms with Gasteiger partial charge < -0.3 is 9.57 Å². The van der Waals surface area contributed by atoms with E-state index < -0.39 is 11.6 Å². The number of carbonyl (C=O) groups excluding carboxylic acids is 2. The molecule has 0 heterocycles. The zero-order valence-corrected chi connectivity index (χ0v) is 11.3. The number of hydrogen-bond donors (Lipinski definition) is 1. The monoisotopic (exact) mass is 245 g/mol. The SMILES string of the molecule is CC(C)[C@H](CCC(=O)ON)C(=O)OC(C)(C)C. The van der Waals surface area contributed by atoms with Crippen molar-refractivity contribution < 1.29 is 19.2 Å². The summed E-state index contributed by atoms with van der Waals surface area (Å²) in [6.07, 6.45) is 0.515. The lowest BCUT2D eigenvalue weighted by atomic mass is 9.91. The summed E-state index contributed by atoms with van der Waals surface area (Å²) in [6, 6.07) is 0. The zero-order chi connectivity index (χ0) is 13.6. The van der Waals surface area contributed by atoms with Crippen LogP contribution in [0.5, 0.6) is 0 Å². The molecule has 0 spiro atoms. The van der Waals surface area contributed by atoms with Gasteiger partial charge in [-0.2, -0.15) is 5.90 Å². The van der Waals surface area contributed by atoms with Crippen molar-refractivity contribution in [3.63, 3.8) is 0 Å². The lowest BCUT2D eigenvalue weighted by Crippen LogP contribution is -2.31. The molecule has 0 saturated carbocycles. The molecule has 100 valence electrons. The Morgan fingerprint density at radius 1 is 1.24 bits per heavy atom. The lowest BCUT2D eigenvalue weighted by Gasteiger charge is -2.25. The van der Waals surface area contributed by atoms with E-state index in [0.717, 1.165) is 0 Å². The van der Waals surface area contributed by atoms with Crippen molar-refractivity contribution in [3.8, 4) is 0 Å². The minimum Gasteiger partial charge on any atom is -0.460 e. The first-order valence-electron chi connectivity index (χ1n) is 5.79. The van der Waals surface area contributed by atoms with Crippen molar-refractivity contribution in [3.05, 3.63) is 0 Å². The fraction of sp³-hybridized carbons (Fsp3) is 0.833. The number of hydrogen-bond acceptors (Lipinski definition) is 5. The Labute approximate surface area is 103 Å². The summed E-state index contributed by atoms with van der Waals surface area (Å²) in [5.74, 6) is 3.75. The van der Waals surface area contributed by atoms with Crippen molar-refractivity contribution in [1.29, 1.82) is 0 Å². The van der Waals surface area contributed by atoms with Crippen molar-refractivity contribution in [2.45, 2.75) is 53.1 Å². The van der Waals surface area contributed by atoms with Crippen LogP contribution in [0.25, 0.3) is 0 Å². The molecule has 0 fully saturated rings. The number of nitrogens with two attached hydrogens (primary N) is 1. The topological polar surface area (TPSA) is 78.6 Å². The smallest absolute Gasteiger partial charge is 0.324 e. The van der Waals surface area contributed by atoms with Gasteiger partial charge in [0.25, 0.3) is 0 Å². The predicted molar refractivity (Wildman–Crippen MR) is 63.7 cm³/mol. The van der Waals surface area contributed by atoms with Gasteiger partial charge in [0, 0.05) is 6.42 Å². The van der Waals surface area contributed by atoms with Crippen LogP contribution < -0.4 is 5.90 Å². The van der Waals surface area contributed by atoms with E-state index in [1.54, 1.807) is 0 Å². The summed E-state index contributed by atoms with van der Waals surface area (Å²) in [6.45, 7) is 9.29. The molecular formula is C12H23NO4. The van der Waals surface area contributed by atoms with E-state index in [0.29, 0.717) is 6.42 Å². The lowest BCUT2D eigenvalue weighted by molar-refractivity contribution is -0.162. The summed E-state index contributed by atoms with van der Waals surface area (Å²) in [5.41, 5.74) is -0.515. The minimum atomic E-state index is -0.515. The van der Waals surface area contributed by atoms with Gasteiger partial charge in [0.15, 0.2) is 0 Å². The van der Waals surface area contributed by atoms with E-state index in [-0.39, 0.29) is 24.2 Å². The predicted octanol–water partition coefficient (Wildman–Crippen LogP) is 1.80. The molecule has 0 bridgehead atoms. The zero-order valence-electron chi connectivity index (χ0n) is 11.3. The highest BCUT2D eigenvalue weighted by atomic mass is 16.7. The normalized spacial score (nSPS) is 13.4. The highest BCUT2D eigenvalue weighted by molar-refractivity contribution is 5.75. The fourth-order valence-corrected chi connectivity index (χ4v) is 1.43. The Morgan fingerprint density at radius 3 is 2.12 bits per heavy atom. The first kappa shape index (κ1) is 15.9. The molecule has 5 heteroatoms. The molecule has 1 atom stereocenters. The van der Waals surface area contributed by atoms with Crippen LogP contribution >= 0.6 is 0 Å². The third-order valence-corrected chi connectivity index (χ3v) is 2.31. The third-order valence-electron chi connectivity index (χ3n) is 2.31. The molecule has 0 aromatic carbocycles. The summed E-state index contributed by atoms with van der Waals surface area (Å²) in [7, 11) is 0. The van der Waals surface area contributed by atoms with Gasteiger partial charge in [-0.3, -0.25) is 9.59 Å². The van der Waals surface area contributed by atoms with Crippen LogP contribution in [0, 0.1) is 11.8 Å². The Bertz CT molecular complexity index is 268. The van der Waals surface area contributed by atoms with Crippen LogP contribution in [0.3, 0.4) is 0 Å². The van der Waals surface area contributed by atoms with E-state index in [2.05, 4.69) is 4.84 Å². The van der Waals surface area contributed by atoms with Gasteiger partial charge in [0.05, 0.1) is 5.92 Å². The van der Waals surface area contributed by atoms with Crippen LogP contribution in [0.1, 0.15) is 47.5 Å². The standard InChI is InChI=1S/C12H23NO4/c1-8(2)9(6-7-10(14)17-13)11(15)16-12(3,4)5/h8-9H,6-7,13H2,1-5H3/t9-/m0/s1. The van der Waals surface area contributed by atoms with Gasteiger partial charge in [-0.15, -0.1) is 0 Å². The largest absolute Gasteiger partial charge is 0.460 e. The molecule has 0 amide bonds. The van der Waals surface area contributed by atoms with E-state index in [1.807, 2.05) is 34.6 Å². The van der Waals surface area contributed by atoms with Gasteiger partial charge in [0.1, 0.15) is 5.60 Å². The Hall–Kier alpha value is -1.10. The quantitative estimate of drug-likeness (QED) is 0.590. The maximum Gasteiger partial charge on any atom is 0.324 e. The Morgan fingerprint density at radius 2 is 1.76 bits per heavy atom. The molecule has 0 aliphatic heterocycles. The summed E-state index contributed by atoms with van der Waals surface area (Å²) < 4.78 is 5.30. The van der Waals surface area contributed by atoms with Crippen LogP contribution in [-0.4, -0.2) is 17.5 Å². The minimum absolute atomic E-state index is 0.107. The second-order valence-electron chi connectivity index (χ2n) is 5.41. The second-order valence-corrected chi connectivity index (χ2v) is 5.41. The van der Waals surface area contributed by atoms with Crippen LogP contribution in [0.15, 0.2) is 0 Å². The van der Waals surface area contributed by atoms with Gasteiger partial charge in [-0.05, 0) is 33.1 Å². The first-order chi connectivity index (χ1) is 7.67. The summed E-state index contributed by atoms with van der Waals surface area (Å²) in [5, 5.41) is 0. The van der Waals surface area contributed by atoms with Crippen LogP contribution in [-0.2, 0) is 19.2 Å². The second kappa shape index (κ2) is 6.59. The van der Waals surface area contributed by atoms with E-state index in [4.69, 9.17) is 10.6 Å². The van der Waals surface area contributed by atoms with E-state index in [9.17, 15) is 9.59 Å². The third kappa shape index (κ3) is 6.94. The van der Waals surface area contributed by atoms with Crippen molar-refractivity contribution in [1.82, 2.24) is 0 Å². The number of esters is 1. The number of rotatable bonds is 5. The van der Waals surface area contributed by atoms with Crippen molar-refractivity contribution in [2.75, 3.05) is 0 Å². The molecule has 0 radical (unpaired) electrons. The molecule has 5 nitrogen and oxygen atoms in total. The summed E-state index contributed by atoms with van der Waals surface area (Å²) >= 11 is 0. The molecule has 17 heavy (non-hydrogen) atoms. The first-order valence-corrected chi connectivity index (χ1v) is 5.79. The van der Waals surface area contributed by atoms with Gasteiger partial charge in [-0.25, -0.2) is 0 Å². The number of carbonyl (C=O) groups is 2. The average Bonchev–Trinajstić information content (AvgIpc) is 2.14. The maximum absolute atomic E-state index is 11.9. The molecule has 0 rings (SSSR count). The molecule has 0 aromatic rings. The molecule has 0 unspecified atom stereocenters. The van der Waals surface area contributed by atoms with E-state index in [1.165, 1.54) is 0 Å². The molecule has 0 aliphatic rings. The van der Waals surface area contributed by atoms with Crippen LogP contribution in [0.2, 0.25) is 0 Å². The molecule has 0 aliphatic carbocycles. The van der Waals surface area contributed by atoms with E-state index >= 15 is 0 Å².